The maximum absolute atomic E-state index is 11.5. The average molecular weight is 461 g/mol. The molecule has 0 aliphatic heterocycles. The summed E-state index contributed by atoms with van der Waals surface area (Å²) in [5.41, 5.74) is 6.56. The van der Waals surface area contributed by atoms with Crippen LogP contribution in [0, 0.1) is 52.3 Å². The van der Waals surface area contributed by atoms with E-state index in [2.05, 4.69) is 39.9 Å². The van der Waals surface area contributed by atoms with Crippen LogP contribution in [-0.2, 0) is 0 Å². The molecule has 4 fully saturated rings. The van der Waals surface area contributed by atoms with Crippen LogP contribution < -0.4 is 11.1 Å². The van der Waals surface area contributed by atoms with Gasteiger partial charge in [-0.15, -0.1) is 0 Å². The van der Waals surface area contributed by atoms with Gasteiger partial charge in [-0.05, 0) is 123 Å². The van der Waals surface area contributed by atoms with Crippen molar-refractivity contribution in [1.82, 2.24) is 5.32 Å². The Labute approximate surface area is 205 Å². The maximum atomic E-state index is 11.5. The fourth-order valence-electron chi connectivity index (χ4n) is 9.92. The predicted molar refractivity (Wildman–Crippen MR) is 140 cm³/mol. The van der Waals surface area contributed by atoms with E-state index in [0.29, 0.717) is 22.8 Å². The number of fused-ring (bicyclic) bond motifs is 5. The SMILES string of the molecule is CC(C)CCC[C@@H](C)[C@H]1CCC2C3C[C@@H](O)[C@H]4CC(NCCCN)CC[C@]4(C)C3CC[C@@]21C. The van der Waals surface area contributed by atoms with Crippen molar-refractivity contribution in [3.05, 3.63) is 0 Å². The molecule has 4 rings (SSSR count). The number of nitrogens with two attached hydrogens (primary N) is 1. The summed E-state index contributed by atoms with van der Waals surface area (Å²) in [6.07, 6.45) is 15.7. The average Bonchev–Trinajstić information content (AvgIpc) is 3.12. The molecule has 33 heavy (non-hydrogen) atoms. The summed E-state index contributed by atoms with van der Waals surface area (Å²) in [4.78, 5) is 0. The van der Waals surface area contributed by atoms with E-state index in [9.17, 15) is 5.11 Å². The van der Waals surface area contributed by atoms with E-state index in [4.69, 9.17) is 5.73 Å². The minimum absolute atomic E-state index is 0.0970. The molecule has 4 aliphatic rings. The summed E-state index contributed by atoms with van der Waals surface area (Å²) < 4.78 is 0. The smallest absolute Gasteiger partial charge is 0.0577 e. The van der Waals surface area contributed by atoms with Gasteiger partial charge in [0.05, 0.1) is 6.10 Å². The quantitative estimate of drug-likeness (QED) is 0.350. The van der Waals surface area contributed by atoms with Crippen LogP contribution in [0.25, 0.3) is 0 Å². The van der Waals surface area contributed by atoms with Crippen LogP contribution in [0.2, 0.25) is 0 Å². The van der Waals surface area contributed by atoms with Crippen molar-refractivity contribution < 1.29 is 5.11 Å². The van der Waals surface area contributed by atoms with Gasteiger partial charge in [0.2, 0.25) is 0 Å². The van der Waals surface area contributed by atoms with Crippen molar-refractivity contribution in [2.75, 3.05) is 13.1 Å². The monoisotopic (exact) mass is 460 g/mol. The molecule has 0 spiro atoms. The van der Waals surface area contributed by atoms with Crippen LogP contribution in [0.5, 0.6) is 0 Å². The molecule has 0 aromatic heterocycles. The second-order valence-electron chi connectivity index (χ2n) is 13.9. The van der Waals surface area contributed by atoms with Crippen molar-refractivity contribution in [3.8, 4) is 0 Å². The first-order chi connectivity index (χ1) is 15.7. The Morgan fingerprint density at radius 2 is 1.61 bits per heavy atom. The standard InChI is InChI=1S/C30H56N2O/c1-20(2)8-6-9-21(3)24-10-11-25-23-19-28(33)27-18-22(32-17-7-16-31)12-14-30(27,5)26(23)13-15-29(24,25)4/h20-28,32-33H,6-19,31H2,1-5H3/t21-,22?,23?,24-,25?,26?,27-,28-,29-,30-/m1/s1. The lowest BCUT2D eigenvalue weighted by Crippen LogP contribution is -2.59. The molecule has 4 N–H and O–H groups in total. The first-order valence-corrected chi connectivity index (χ1v) is 14.8. The van der Waals surface area contributed by atoms with Gasteiger partial charge >= 0.3 is 0 Å². The van der Waals surface area contributed by atoms with E-state index >= 15 is 0 Å². The summed E-state index contributed by atoms with van der Waals surface area (Å²) in [6.45, 7) is 14.3. The molecule has 192 valence electrons. The Balaban J connectivity index is 1.43. The van der Waals surface area contributed by atoms with Crippen molar-refractivity contribution in [2.45, 2.75) is 124 Å². The van der Waals surface area contributed by atoms with Gasteiger partial charge in [-0.3, -0.25) is 0 Å². The first kappa shape index (κ1) is 26.0. The molecule has 0 heterocycles. The number of nitrogens with one attached hydrogen (secondary N) is 1. The summed E-state index contributed by atoms with van der Waals surface area (Å²) in [6, 6.07) is 0.581. The highest BCUT2D eigenvalue weighted by Crippen LogP contribution is 2.68. The fourth-order valence-corrected chi connectivity index (χ4v) is 9.92. The highest BCUT2D eigenvalue weighted by atomic mass is 16.3. The third-order valence-corrected chi connectivity index (χ3v) is 11.7. The molecule has 4 aliphatic carbocycles. The van der Waals surface area contributed by atoms with Gasteiger partial charge in [-0.25, -0.2) is 0 Å². The van der Waals surface area contributed by atoms with Crippen LogP contribution in [0.1, 0.15) is 112 Å². The molecule has 0 bridgehead atoms. The third kappa shape index (κ3) is 4.94. The highest BCUT2D eigenvalue weighted by Gasteiger charge is 2.62. The number of rotatable bonds is 9. The lowest BCUT2D eigenvalue weighted by Gasteiger charge is -2.62. The van der Waals surface area contributed by atoms with Crippen molar-refractivity contribution >= 4 is 0 Å². The minimum atomic E-state index is -0.0970. The molecule has 0 aromatic carbocycles. The van der Waals surface area contributed by atoms with Gasteiger partial charge in [0, 0.05) is 6.04 Å². The maximum Gasteiger partial charge on any atom is 0.0577 e. The van der Waals surface area contributed by atoms with Gasteiger partial charge < -0.3 is 16.2 Å². The molecular formula is C30H56N2O. The highest BCUT2D eigenvalue weighted by molar-refractivity contribution is 5.11. The van der Waals surface area contributed by atoms with E-state index in [0.717, 1.165) is 61.4 Å². The summed E-state index contributed by atoms with van der Waals surface area (Å²) in [5, 5.41) is 15.3. The number of aliphatic hydroxyl groups is 1. The van der Waals surface area contributed by atoms with Crippen LogP contribution in [0.4, 0.5) is 0 Å². The fraction of sp³-hybridized carbons (Fsp3) is 1.00. The zero-order chi connectivity index (χ0) is 23.8. The molecule has 0 saturated heterocycles. The Morgan fingerprint density at radius 1 is 0.879 bits per heavy atom. The zero-order valence-electron chi connectivity index (χ0n) is 22.6. The van der Waals surface area contributed by atoms with E-state index in [1.54, 1.807) is 0 Å². The van der Waals surface area contributed by atoms with E-state index < -0.39 is 0 Å². The number of hydrogen-bond acceptors (Lipinski definition) is 3. The molecule has 4 saturated carbocycles. The van der Waals surface area contributed by atoms with Crippen LogP contribution in [0.15, 0.2) is 0 Å². The van der Waals surface area contributed by atoms with Crippen molar-refractivity contribution in [1.29, 1.82) is 0 Å². The Morgan fingerprint density at radius 3 is 2.33 bits per heavy atom. The topological polar surface area (TPSA) is 58.3 Å². The minimum Gasteiger partial charge on any atom is -0.393 e. The van der Waals surface area contributed by atoms with Gasteiger partial charge in [-0.2, -0.15) is 0 Å². The Kier molecular flexibility index (Phi) is 8.24. The molecule has 4 unspecified atom stereocenters. The second kappa shape index (κ2) is 10.5. The molecule has 3 nitrogen and oxygen atoms in total. The van der Waals surface area contributed by atoms with Gasteiger partial charge in [-0.1, -0.05) is 53.9 Å². The molecule has 0 amide bonds. The molecular weight excluding hydrogens is 404 g/mol. The van der Waals surface area contributed by atoms with E-state index in [-0.39, 0.29) is 6.10 Å². The third-order valence-electron chi connectivity index (χ3n) is 11.7. The Bertz CT molecular complexity index is 637. The largest absolute Gasteiger partial charge is 0.393 e. The van der Waals surface area contributed by atoms with Gasteiger partial charge in [0.1, 0.15) is 0 Å². The van der Waals surface area contributed by atoms with Gasteiger partial charge in [0.25, 0.3) is 0 Å². The van der Waals surface area contributed by atoms with Crippen LogP contribution in [-0.4, -0.2) is 30.3 Å². The zero-order valence-corrected chi connectivity index (χ0v) is 22.6. The van der Waals surface area contributed by atoms with Crippen molar-refractivity contribution in [3.63, 3.8) is 0 Å². The number of hydrogen-bond donors (Lipinski definition) is 3. The first-order valence-electron chi connectivity index (χ1n) is 14.8. The van der Waals surface area contributed by atoms with E-state index in [1.807, 2.05) is 0 Å². The summed E-state index contributed by atoms with van der Waals surface area (Å²) in [5.74, 6) is 5.53. The molecule has 0 aromatic rings. The van der Waals surface area contributed by atoms with Crippen molar-refractivity contribution in [2.24, 2.45) is 58.0 Å². The summed E-state index contributed by atoms with van der Waals surface area (Å²) >= 11 is 0. The number of aliphatic hydroxyl groups excluding tert-OH is 1. The summed E-state index contributed by atoms with van der Waals surface area (Å²) in [7, 11) is 0. The lowest BCUT2D eigenvalue weighted by atomic mass is 9.43. The molecule has 0 radical (unpaired) electrons. The van der Waals surface area contributed by atoms with Crippen LogP contribution >= 0.6 is 0 Å². The predicted octanol–water partition coefficient (Wildman–Crippen LogP) is 6.39. The Hall–Kier alpha value is -0.120. The molecule has 3 heteroatoms. The van der Waals surface area contributed by atoms with Crippen LogP contribution in [0.3, 0.4) is 0 Å². The van der Waals surface area contributed by atoms with E-state index in [1.165, 1.54) is 64.2 Å². The second-order valence-corrected chi connectivity index (χ2v) is 13.9. The lowest BCUT2D eigenvalue weighted by molar-refractivity contribution is -0.162. The normalized spacial score (nSPS) is 46.0. The van der Waals surface area contributed by atoms with Gasteiger partial charge in [0.15, 0.2) is 0 Å². The molecule has 10 atom stereocenters.